The van der Waals surface area contributed by atoms with Crippen molar-refractivity contribution >= 4 is 11.0 Å². The Morgan fingerprint density at radius 2 is 1.60 bits per heavy atom. The van der Waals surface area contributed by atoms with Crippen LogP contribution in [0.2, 0.25) is 0 Å². The summed E-state index contributed by atoms with van der Waals surface area (Å²) in [6, 6.07) is 18.0. The van der Waals surface area contributed by atoms with E-state index < -0.39 is 6.29 Å². The SMILES string of the molecule is CCOC([CH-]C(c1ccccc1)n1nnc2ccccc21)OCC.[Li+]. The Kier molecular flexibility index (Phi) is 7.67. The first-order valence-corrected chi connectivity index (χ1v) is 8.26. The van der Waals surface area contributed by atoms with Crippen molar-refractivity contribution in [3.63, 3.8) is 0 Å². The third kappa shape index (κ3) is 4.71. The van der Waals surface area contributed by atoms with Crippen molar-refractivity contribution in [3.8, 4) is 0 Å². The predicted molar refractivity (Wildman–Crippen MR) is 93.4 cm³/mol. The van der Waals surface area contributed by atoms with Crippen LogP contribution in [-0.2, 0) is 9.47 Å². The minimum Gasteiger partial charge on any atom is -0.384 e. The maximum absolute atomic E-state index is 5.71. The van der Waals surface area contributed by atoms with Crippen molar-refractivity contribution in [2.45, 2.75) is 26.2 Å². The molecule has 0 radical (unpaired) electrons. The number of rotatable bonds is 8. The van der Waals surface area contributed by atoms with E-state index in [9.17, 15) is 0 Å². The van der Waals surface area contributed by atoms with Crippen LogP contribution in [0.5, 0.6) is 0 Å². The Morgan fingerprint density at radius 1 is 0.960 bits per heavy atom. The van der Waals surface area contributed by atoms with Crippen LogP contribution in [0.4, 0.5) is 0 Å². The minimum atomic E-state index is -0.395. The van der Waals surface area contributed by atoms with E-state index in [1.165, 1.54) is 0 Å². The van der Waals surface area contributed by atoms with Gasteiger partial charge in [-0.15, -0.1) is 5.10 Å². The molecule has 126 valence electrons. The van der Waals surface area contributed by atoms with Gasteiger partial charge in [0, 0.05) is 19.5 Å². The monoisotopic (exact) mass is 331 g/mol. The molecule has 3 aromatic rings. The molecule has 0 spiro atoms. The van der Waals surface area contributed by atoms with E-state index in [-0.39, 0.29) is 24.9 Å². The van der Waals surface area contributed by atoms with Gasteiger partial charge in [-0.25, -0.2) is 6.42 Å². The summed E-state index contributed by atoms with van der Waals surface area (Å²) >= 11 is 0. The van der Waals surface area contributed by atoms with Crippen molar-refractivity contribution in [1.82, 2.24) is 15.0 Å². The summed E-state index contributed by atoms with van der Waals surface area (Å²) in [5, 5.41) is 8.65. The molecule has 5 nitrogen and oxygen atoms in total. The fourth-order valence-electron chi connectivity index (χ4n) is 2.71. The second-order valence-corrected chi connectivity index (χ2v) is 5.35. The third-order valence-electron chi connectivity index (χ3n) is 3.78. The summed E-state index contributed by atoms with van der Waals surface area (Å²) in [5.74, 6) is 0. The summed E-state index contributed by atoms with van der Waals surface area (Å²) < 4.78 is 13.3. The van der Waals surface area contributed by atoms with Gasteiger partial charge in [-0.1, -0.05) is 53.2 Å². The van der Waals surface area contributed by atoms with Gasteiger partial charge in [-0.3, -0.25) is 4.68 Å². The molecule has 0 bridgehead atoms. The van der Waals surface area contributed by atoms with Gasteiger partial charge in [0.15, 0.2) is 0 Å². The molecule has 6 heteroatoms. The molecule has 0 amide bonds. The van der Waals surface area contributed by atoms with E-state index in [1.54, 1.807) is 0 Å². The van der Waals surface area contributed by atoms with Crippen LogP contribution in [-0.4, -0.2) is 34.5 Å². The second kappa shape index (κ2) is 9.74. The van der Waals surface area contributed by atoms with Crippen LogP contribution >= 0.6 is 0 Å². The van der Waals surface area contributed by atoms with Crippen LogP contribution in [0.15, 0.2) is 54.6 Å². The summed E-state index contributed by atoms with van der Waals surface area (Å²) in [5.41, 5.74) is 2.96. The summed E-state index contributed by atoms with van der Waals surface area (Å²) in [6.07, 6.45) is 1.64. The van der Waals surface area contributed by atoms with Gasteiger partial charge >= 0.3 is 18.9 Å². The fourth-order valence-corrected chi connectivity index (χ4v) is 2.71. The van der Waals surface area contributed by atoms with Crippen molar-refractivity contribution < 1.29 is 28.3 Å². The van der Waals surface area contributed by atoms with Crippen LogP contribution in [0, 0.1) is 6.42 Å². The van der Waals surface area contributed by atoms with Gasteiger partial charge in [0.1, 0.15) is 5.52 Å². The van der Waals surface area contributed by atoms with E-state index in [0.717, 1.165) is 16.6 Å². The molecule has 2 aromatic carbocycles. The van der Waals surface area contributed by atoms with Gasteiger partial charge in [0.25, 0.3) is 0 Å². The maximum Gasteiger partial charge on any atom is 1.00 e. The van der Waals surface area contributed by atoms with Crippen molar-refractivity contribution in [3.05, 3.63) is 66.6 Å². The quantitative estimate of drug-likeness (QED) is 0.345. The Hall–Kier alpha value is -1.64. The zero-order valence-corrected chi connectivity index (χ0v) is 15.0. The van der Waals surface area contributed by atoms with E-state index in [2.05, 4.69) is 22.4 Å². The molecular formula is C19H22LiN3O2. The van der Waals surface area contributed by atoms with Crippen molar-refractivity contribution in [2.75, 3.05) is 13.2 Å². The number of benzene rings is 2. The summed E-state index contributed by atoms with van der Waals surface area (Å²) in [7, 11) is 0. The van der Waals surface area contributed by atoms with Gasteiger partial charge in [-0.2, -0.15) is 0 Å². The second-order valence-electron chi connectivity index (χ2n) is 5.35. The maximum atomic E-state index is 5.71. The molecular weight excluding hydrogens is 309 g/mol. The largest absolute Gasteiger partial charge is 1.00 e. The molecule has 25 heavy (non-hydrogen) atoms. The fraction of sp³-hybridized carbons (Fsp3) is 0.316. The number of fused-ring (bicyclic) bond motifs is 1. The van der Waals surface area contributed by atoms with Gasteiger partial charge < -0.3 is 9.47 Å². The average molecular weight is 331 g/mol. The normalized spacial score (nSPS) is 12.3. The first-order chi connectivity index (χ1) is 11.8. The molecule has 0 saturated carbocycles. The Bertz CT molecular complexity index is 757. The standard InChI is InChI=1S/C19H22N3O2.Li/c1-3-23-19(24-4-2)14-18(15-10-6-5-7-11-15)22-17-13-9-8-12-16(17)20-21-22;/h5-14,18-19H,3-4H2,1-2H3;/q-1;+1. The van der Waals surface area contributed by atoms with E-state index in [4.69, 9.17) is 9.47 Å². The summed E-state index contributed by atoms with van der Waals surface area (Å²) in [6.45, 7) is 5.09. The number of ether oxygens (including phenoxy) is 2. The van der Waals surface area contributed by atoms with E-state index in [1.807, 2.05) is 67.4 Å². The Balaban J connectivity index is 0.00000225. The molecule has 0 aliphatic rings. The first-order valence-electron chi connectivity index (χ1n) is 8.26. The molecule has 0 saturated heterocycles. The topological polar surface area (TPSA) is 49.2 Å². The van der Waals surface area contributed by atoms with Crippen LogP contribution in [0.3, 0.4) is 0 Å². The Labute approximate surface area is 160 Å². The zero-order chi connectivity index (χ0) is 16.8. The smallest absolute Gasteiger partial charge is 0.384 e. The molecule has 0 aliphatic heterocycles. The number of aromatic nitrogens is 3. The minimum absolute atomic E-state index is 0. The van der Waals surface area contributed by atoms with Gasteiger partial charge in [0.2, 0.25) is 0 Å². The first kappa shape index (κ1) is 19.7. The molecule has 0 N–H and O–H groups in total. The molecule has 1 aromatic heterocycles. The molecule has 0 fully saturated rings. The number of hydrogen-bond acceptors (Lipinski definition) is 4. The predicted octanol–water partition coefficient (Wildman–Crippen LogP) is 0.628. The third-order valence-corrected chi connectivity index (χ3v) is 3.78. The van der Waals surface area contributed by atoms with E-state index in [0.29, 0.717) is 13.2 Å². The molecule has 0 aliphatic carbocycles. The van der Waals surface area contributed by atoms with Gasteiger partial charge in [0.05, 0.1) is 5.52 Å². The van der Waals surface area contributed by atoms with E-state index >= 15 is 0 Å². The molecule has 1 atom stereocenters. The van der Waals surface area contributed by atoms with Crippen molar-refractivity contribution in [1.29, 1.82) is 0 Å². The number of nitrogens with zero attached hydrogens (tertiary/aromatic N) is 3. The van der Waals surface area contributed by atoms with Crippen LogP contribution < -0.4 is 18.9 Å². The summed E-state index contributed by atoms with van der Waals surface area (Å²) in [4.78, 5) is 0. The van der Waals surface area contributed by atoms with Gasteiger partial charge in [-0.05, 0) is 32.0 Å². The van der Waals surface area contributed by atoms with Crippen molar-refractivity contribution in [2.24, 2.45) is 0 Å². The van der Waals surface area contributed by atoms with Crippen LogP contribution in [0.25, 0.3) is 11.0 Å². The molecule has 1 unspecified atom stereocenters. The van der Waals surface area contributed by atoms with Crippen LogP contribution in [0.1, 0.15) is 25.5 Å². The molecule has 3 rings (SSSR count). The Morgan fingerprint density at radius 3 is 2.28 bits per heavy atom. The average Bonchev–Trinajstić information content (AvgIpc) is 3.04. The molecule has 1 heterocycles. The number of hydrogen-bond donors (Lipinski definition) is 0. The number of para-hydroxylation sites is 1. The zero-order valence-electron chi connectivity index (χ0n) is 15.0.